The number of aromatic amines is 1. The van der Waals surface area contributed by atoms with E-state index < -0.39 is 23.8 Å². The Hall–Kier alpha value is -4.25. The lowest BCUT2D eigenvalue weighted by molar-refractivity contribution is -0.156. The number of likely N-dealkylation sites (N-methyl/N-ethyl adjacent to an activating group) is 1. The second kappa shape index (κ2) is 12.9. The molecule has 1 fully saturated rings. The number of rotatable bonds is 9. The van der Waals surface area contributed by atoms with Gasteiger partial charge in [-0.1, -0.05) is 24.3 Å². The largest absolute Gasteiger partial charge is 0.466 e. The Bertz CT molecular complexity index is 1530. The summed E-state index contributed by atoms with van der Waals surface area (Å²) in [6.45, 7) is 4.63. The van der Waals surface area contributed by atoms with E-state index in [-0.39, 0.29) is 48.4 Å². The molecule has 4 rings (SSSR count). The Labute approximate surface area is 244 Å². The molecule has 1 unspecified atom stereocenters. The van der Waals surface area contributed by atoms with Crippen molar-refractivity contribution in [2.24, 2.45) is 5.73 Å². The third kappa shape index (κ3) is 6.57. The number of benzene rings is 2. The van der Waals surface area contributed by atoms with Crippen LogP contribution in [0.15, 0.2) is 47.3 Å². The van der Waals surface area contributed by atoms with Crippen LogP contribution in [0.2, 0.25) is 0 Å². The van der Waals surface area contributed by atoms with Crippen molar-refractivity contribution in [1.29, 1.82) is 5.41 Å². The molecule has 2 amide bonds. The van der Waals surface area contributed by atoms with E-state index in [1.165, 1.54) is 11.9 Å². The number of ether oxygens (including phenoxy) is 1. The first-order chi connectivity index (χ1) is 19.0. The van der Waals surface area contributed by atoms with Gasteiger partial charge in [0.2, 0.25) is 5.91 Å². The summed E-state index contributed by atoms with van der Waals surface area (Å²) in [6, 6.07) is 12.1. The van der Waals surface area contributed by atoms with Crippen LogP contribution in [0.5, 0.6) is 0 Å². The molecule has 11 nitrogen and oxygen atoms in total. The molecule has 0 saturated carbocycles. The minimum absolute atomic E-state index is 0. The fourth-order valence-electron chi connectivity index (χ4n) is 4.98. The van der Waals surface area contributed by atoms with Gasteiger partial charge in [0.05, 0.1) is 17.6 Å². The third-order valence-electron chi connectivity index (χ3n) is 7.39. The molecular formula is C29H35ClN6O5. The highest BCUT2D eigenvalue weighted by Crippen LogP contribution is 2.33. The number of nitrogens with two attached hydrogens (primary N) is 1. The molecule has 0 spiro atoms. The van der Waals surface area contributed by atoms with Crippen molar-refractivity contribution in [1.82, 2.24) is 19.8 Å². The average Bonchev–Trinajstić information content (AvgIpc) is 3.47. The zero-order valence-corrected chi connectivity index (χ0v) is 24.2. The van der Waals surface area contributed by atoms with Gasteiger partial charge in [0.25, 0.3) is 11.5 Å². The molecule has 0 bridgehead atoms. The van der Waals surface area contributed by atoms with E-state index in [0.717, 1.165) is 18.4 Å². The molecule has 0 aliphatic carbocycles. The number of carbonyl (C=O) groups excluding carboxylic acids is 3. The normalized spacial score (nSPS) is 14.2. The van der Waals surface area contributed by atoms with Gasteiger partial charge in [-0.25, -0.2) is 4.98 Å². The number of likely N-dealkylation sites (tertiary alicyclic amines) is 1. The molecule has 1 aliphatic heterocycles. The molecule has 2 aromatic carbocycles. The van der Waals surface area contributed by atoms with Crippen molar-refractivity contribution in [2.45, 2.75) is 45.1 Å². The maximum absolute atomic E-state index is 13.9. The lowest BCUT2D eigenvalue weighted by Crippen LogP contribution is -2.56. The highest BCUT2D eigenvalue weighted by molar-refractivity contribution is 5.99. The van der Waals surface area contributed by atoms with Gasteiger partial charge >= 0.3 is 5.97 Å². The van der Waals surface area contributed by atoms with Gasteiger partial charge < -0.3 is 25.3 Å². The van der Waals surface area contributed by atoms with Crippen molar-refractivity contribution < 1.29 is 19.1 Å². The first kappa shape index (κ1) is 31.3. The van der Waals surface area contributed by atoms with E-state index in [1.54, 1.807) is 55.1 Å². The minimum atomic E-state index is -1.43. The van der Waals surface area contributed by atoms with Crippen LogP contribution in [0, 0.1) is 5.41 Å². The van der Waals surface area contributed by atoms with Crippen LogP contribution in [0.1, 0.15) is 55.5 Å². The number of amidine groups is 1. The molecule has 2 heterocycles. The van der Waals surface area contributed by atoms with Crippen LogP contribution in [0.4, 0.5) is 0 Å². The van der Waals surface area contributed by atoms with Crippen LogP contribution in [0.3, 0.4) is 0 Å². The van der Waals surface area contributed by atoms with Gasteiger partial charge in [0, 0.05) is 32.1 Å². The van der Waals surface area contributed by atoms with E-state index in [2.05, 4.69) is 9.97 Å². The quantitative estimate of drug-likeness (QED) is 0.151. The topological polar surface area (TPSA) is 163 Å². The smallest absolute Gasteiger partial charge is 0.315 e. The van der Waals surface area contributed by atoms with Crippen LogP contribution in [0.25, 0.3) is 11.0 Å². The SMILES string of the molecule is CCOC(=O)CC(=O)N(C)C(C)(C(=O)N1CCCC1)c1ccc2[nH]c(=O)c(Cc3cccc(C(=N)N)c3)nc2c1.Cl. The summed E-state index contributed by atoms with van der Waals surface area (Å²) in [5.41, 5.74) is 6.81. The number of fused-ring (bicyclic) bond motifs is 1. The first-order valence-corrected chi connectivity index (χ1v) is 13.2. The molecule has 0 radical (unpaired) electrons. The Kier molecular flexibility index (Phi) is 9.88. The Morgan fingerprint density at radius 3 is 2.54 bits per heavy atom. The number of nitrogen functional groups attached to an aromatic ring is 1. The van der Waals surface area contributed by atoms with Crippen molar-refractivity contribution in [3.63, 3.8) is 0 Å². The summed E-state index contributed by atoms with van der Waals surface area (Å²) in [6.07, 6.45) is 1.46. The van der Waals surface area contributed by atoms with Crippen molar-refractivity contribution in [3.05, 3.63) is 75.2 Å². The summed E-state index contributed by atoms with van der Waals surface area (Å²) in [5, 5.41) is 7.67. The number of aromatic nitrogens is 2. The summed E-state index contributed by atoms with van der Waals surface area (Å²) >= 11 is 0. The third-order valence-corrected chi connectivity index (χ3v) is 7.39. The highest BCUT2D eigenvalue weighted by Gasteiger charge is 2.45. The number of H-pyrrole nitrogens is 1. The van der Waals surface area contributed by atoms with Gasteiger partial charge in [-0.05, 0) is 56.0 Å². The molecule has 1 atom stereocenters. The van der Waals surface area contributed by atoms with E-state index >= 15 is 0 Å². The zero-order valence-electron chi connectivity index (χ0n) is 23.4. The van der Waals surface area contributed by atoms with Crippen molar-refractivity contribution >= 4 is 47.1 Å². The molecule has 12 heteroatoms. The Morgan fingerprint density at radius 2 is 1.88 bits per heavy atom. The standard InChI is InChI=1S/C29H34N6O5.ClH/c1-4-40-25(37)17-24(36)34(3)29(2,28(39)35-12-5-6-13-35)20-10-11-21-22(16-20)32-23(27(38)33-21)15-18-8-7-9-19(14-18)26(30)31;/h7-11,14,16H,4-6,12-13,15,17H2,1-3H3,(H3,30,31)(H,33,38);1H. The van der Waals surface area contributed by atoms with Gasteiger partial charge in [-0.15, -0.1) is 12.4 Å². The molecular weight excluding hydrogens is 548 g/mol. The average molecular weight is 583 g/mol. The number of carbonyl (C=O) groups is 3. The van der Waals surface area contributed by atoms with Gasteiger partial charge in [-0.3, -0.25) is 24.6 Å². The number of esters is 1. The van der Waals surface area contributed by atoms with Crippen molar-refractivity contribution in [2.75, 3.05) is 26.7 Å². The second-order valence-electron chi connectivity index (χ2n) is 10.0. The van der Waals surface area contributed by atoms with Crippen LogP contribution in [-0.4, -0.2) is 70.1 Å². The Balaban J connectivity index is 0.00000462. The lowest BCUT2D eigenvalue weighted by atomic mass is 9.87. The Morgan fingerprint density at radius 1 is 1.17 bits per heavy atom. The van der Waals surface area contributed by atoms with Crippen LogP contribution >= 0.6 is 12.4 Å². The number of nitrogens with zero attached hydrogens (tertiary/aromatic N) is 3. The minimum Gasteiger partial charge on any atom is -0.466 e. The molecule has 41 heavy (non-hydrogen) atoms. The van der Waals surface area contributed by atoms with Gasteiger partial charge in [0.15, 0.2) is 0 Å². The number of hydrogen-bond donors (Lipinski definition) is 3. The van der Waals surface area contributed by atoms with E-state index in [9.17, 15) is 19.2 Å². The maximum atomic E-state index is 13.9. The summed E-state index contributed by atoms with van der Waals surface area (Å²) in [4.78, 5) is 62.5. The monoisotopic (exact) mass is 582 g/mol. The number of hydrogen-bond acceptors (Lipinski definition) is 7. The highest BCUT2D eigenvalue weighted by atomic mass is 35.5. The van der Waals surface area contributed by atoms with Crippen molar-refractivity contribution in [3.8, 4) is 0 Å². The molecule has 4 N–H and O–H groups in total. The second-order valence-corrected chi connectivity index (χ2v) is 10.0. The molecule has 1 saturated heterocycles. The number of nitrogens with one attached hydrogen (secondary N) is 2. The predicted molar refractivity (Wildman–Crippen MR) is 157 cm³/mol. The van der Waals surface area contributed by atoms with Crippen LogP contribution in [-0.2, 0) is 31.1 Å². The van der Waals surface area contributed by atoms with Gasteiger partial charge in [-0.2, -0.15) is 0 Å². The molecule has 1 aromatic heterocycles. The van der Waals surface area contributed by atoms with E-state index in [1.807, 2.05) is 6.07 Å². The molecule has 3 aromatic rings. The lowest BCUT2D eigenvalue weighted by Gasteiger charge is -2.40. The predicted octanol–water partition coefficient (Wildman–Crippen LogP) is 2.47. The van der Waals surface area contributed by atoms with Gasteiger partial charge in [0.1, 0.15) is 23.5 Å². The number of halogens is 1. The number of amides is 2. The fourth-order valence-corrected chi connectivity index (χ4v) is 4.98. The summed E-state index contributed by atoms with van der Waals surface area (Å²) in [5.74, 6) is -1.54. The zero-order chi connectivity index (χ0) is 29.0. The maximum Gasteiger partial charge on any atom is 0.315 e. The molecule has 218 valence electrons. The van der Waals surface area contributed by atoms with E-state index in [0.29, 0.717) is 35.2 Å². The summed E-state index contributed by atoms with van der Waals surface area (Å²) in [7, 11) is 1.51. The fraction of sp³-hybridized carbons (Fsp3) is 0.379. The first-order valence-electron chi connectivity index (χ1n) is 13.2. The van der Waals surface area contributed by atoms with E-state index in [4.69, 9.17) is 15.9 Å². The molecule has 1 aliphatic rings. The summed E-state index contributed by atoms with van der Waals surface area (Å²) < 4.78 is 4.95. The van der Waals surface area contributed by atoms with Crippen LogP contribution < -0.4 is 11.3 Å².